The Kier molecular flexibility index (Phi) is 6.93. The molecule has 4 fully saturated rings. The summed E-state index contributed by atoms with van der Waals surface area (Å²) in [7, 11) is 1.66. The first-order valence-corrected chi connectivity index (χ1v) is 14.8. The fourth-order valence-electron chi connectivity index (χ4n) is 8.13. The van der Waals surface area contributed by atoms with Gasteiger partial charge in [0.2, 0.25) is 0 Å². The van der Waals surface area contributed by atoms with Crippen molar-refractivity contribution in [1.82, 2.24) is 14.7 Å². The second-order valence-electron chi connectivity index (χ2n) is 11.9. The average molecular weight is 531 g/mol. The average Bonchev–Trinajstić information content (AvgIpc) is 3.00. The topological polar surface area (TPSA) is 78.9 Å². The van der Waals surface area contributed by atoms with E-state index in [0.717, 1.165) is 24.2 Å². The Morgan fingerprint density at radius 1 is 0.895 bits per heavy atom. The zero-order valence-electron chi connectivity index (χ0n) is 22.4. The van der Waals surface area contributed by atoms with E-state index in [1.165, 1.54) is 51.4 Å². The van der Waals surface area contributed by atoms with Crippen LogP contribution in [0.5, 0.6) is 5.75 Å². The van der Waals surface area contributed by atoms with Gasteiger partial charge in [0, 0.05) is 36.7 Å². The molecule has 2 bridgehead atoms. The minimum atomic E-state index is -1.02. The maximum absolute atomic E-state index is 11.2. The van der Waals surface area contributed by atoms with E-state index in [1.54, 1.807) is 7.11 Å². The summed E-state index contributed by atoms with van der Waals surface area (Å²) in [4.78, 5) is 12.7. The van der Waals surface area contributed by atoms with E-state index in [9.17, 15) is 10.5 Å². The first kappa shape index (κ1) is 25.7. The van der Waals surface area contributed by atoms with Gasteiger partial charge in [0.15, 0.2) is 0 Å². The van der Waals surface area contributed by atoms with Crippen LogP contribution in [0.3, 0.4) is 0 Å². The van der Waals surface area contributed by atoms with E-state index < -0.39 is 16.7 Å². The summed E-state index contributed by atoms with van der Waals surface area (Å²) < 4.78 is 5.82. The number of nitrogens with zero attached hydrogens (tertiary/aromatic N) is 6. The van der Waals surface area contributed by atoms with Crippen molar-refractivity contribution in [1.29, 1.82) is 10.5 Å². The van der Waals surface area contributed by atoms with Crippen LogP contribution in [0.15, 0.2) is 29.3 Å². The number of para-hydroxylation sites is 1. The Bertz CT molecular complexity index is 1190. The van der Waals surface area contributed by atoms with Crippen molar-refractivity contribution in [2.75, 3.05) is 33.5 Å². The molecule has 0 aromatic heterocycles. The second kappa shape index (κ2) is 10.2. The van der Waals surface area contributed by atoms with E-state index in [4.69, 9.17) is 21.9 Å². The number of thiocarbonyl (C=S) groups is 1. The van der Waals surface area contributed by atoms with Crippen molar-refractivity contribution in [2.24, 2.45) is 15.8 Å². The summed E-state index contributed by atoms with van der Waals surface area (Å²) in [6.45, 7) is 2.33. The molecule has 3 heterocycles. The molecule has 8 heteroatoms. The van der Waals surface area contributed by atoms with Gasteiger partial charge in [-0.3, -0.25) is 14.8 Å². The summed E-state index contributed by atoms with van der Waals surface area (Å²) in [5.74, 6) is 1.03. The van der Waals surface area contributed by atoms with Gasteiger partial charge in [0.1, 0.15) is 27.4 Å². The van der Waals surface area contributed by atoms with Gasteiger partial charge in [-0.15, -0.1) is 0 Å². The third-order valence-corrected chi connectivity index (χ3v) is 10.5. The van der Waals surface area contributed by atoms with Gasteiger partial charge in [0.25, 0.3) is 0 Å². The van der Waals surface area contributed by atoms with Crippen LogP contribution in [-0.2, 0) is 0 Å². The maximum atomic E-state index is 11.2. The number of methoxy groups -OCH3 is 1. The highest BCUT2D eigenvalue weighted by molar-refractivity contribution is 7.80. The largest absolute Gasteiger partial charge is 0.496 e. The Morgan fingerprint density at radius 2 is 1.50 bits per heavy atom. The number of likely N-dealkylation sites (tertiary alicyclic amines) is 1. The maximum Gasteiger partial charge on any atom is 0.136 e. The van der Waals surface area contributed by atoms with Crippen LogP contribution in [-0.4, -0.2) is 71.1 Å². The lowest BCUT2D eigenvalue weighted by Gasteiger charge is -2.62. The van der Waals surface area contributed by atoms with E-state index in [0.29, 0.717) is 49.2 Å². The Hall–Kier alpha value is -2.52. The van der Waals surface area contributed by atoms with Gasteiger partial charge in [-0.1, -0.05) is 68.9 Å². The number of fused-ring (bicyclic) bond motifs is 4. The Labute approximate surface area is 232 Å². The van der Waals surface area contributed by atoms with E-state index in [1.807, 2.05) is 24.3 Å². The van der Waals surface area contributed by atoms with Crippen LogP contribution in [0, 0.1) is 33.5 Å². The summed E-state index contributed by atoms with van der Waals surface area (Å²) in [6.07, 6.45) is 12.0. The first-order valence-electron chi connectivity index (χ1n) is 14.4. The molecule has 1 aromatic rings. The number of hydrogen-bond acceptors (Lipinski definition) is 7. The fraction of sp³-hybridized carbons (Fsp3) is 0.667. The summed E-state index contributed by atoms with van der Waals surface area (Å²) in [5, 5.41) is 22.3. The van der Waals surface area contributed by atoms with Crippen molar-refractivity contribution in [3.63, 3.8) is 0 Å². The molecule has 200 valence electrons. The van der Waals surface area contributed by atoms with Crippen molar-refractivity contribution >= 4 is 23.0 Å². The van der Waals surface area contributed by atoms with Crippen molar-refractivity contribution in [3.8, 4) is 17.9 Å². The molecule has 2 saturated heterocycles. The Morgan fingerprint density at radius 3 is 2.13 bits per heavy atom. The van der Waals surface area contributed by atoms with Gasteiger partial charge in [-0.2, -0.15) is 10.5 Å². The van der Waals surface area contributed by atoms with Gasteiger partial charge in [0.05, 0.1) is 32.6 Å². The fourth-order valence-corrected chi connectivity index (χ4v) is 8.50. The number of hydrogen-bond donors (Lipinski definition) is 0. The number of rotatable bonds is 4. The molecular formula is C30H38N6OS. The quantitative estimate of drug-likeness (QED) is 0.504. The minimum Gasteiger partial charge on any atom is -0.496 e. The van der Waals surface area contributed by atoms with Crippen molar-refractivity contribution in [2.45, 2.75) is 82.2 Å². The predicted octanol–water partition coefficient (Wildman–Crippen LogP) is 5.05. The zero-order chi connectivity index (χ0) is 26.3. The SMILES string of the molecule is COc1ccccc1[C@@H]1[C@@]2(C#N)CN(C3CCCCC3)C[C@@]1(C#N)C1=NCN(C3CCCCC3)CN1C2=S. The lowest BCUT2D eigenvalue weighted by atomic mass is 9.53. The number of benzene rings is 1. The molecule has 3 atom stereocenters. The van der Waals surface area contributed by atoms with Crippen LogP contribution >= 0.6 is 12.2 Å². The predicted molar refractivity (Wildman–Crippen MR) is 151 cm³/mol. The number of nitriles is 2. The minimum absolute atomic E-state index is 0.375. The van der Waals surface area contributed by atoms with E-state index in [-0.39, 0.29) is 0 Å². The van der Waals surface area contributed by atoms with E-state index >= 15 is 0 Å². The molecule has 2 saturated carbocycles. The standard InChI is InChI=1S/C30H38N6OS/c1-37-25-15-9-8-14-24(25)26-29(16-31)18-34(22-10-4-2-5-11-22)19-30(26,17-32)28(38)36-21-35(20-33-27(29)36)23-12-6-3-7-13-23/h8-9,14-15,22-23,26H,2-7,10-13,18-21H2,1H3/t26-,29+,30+/m0/s1. The van der Waals surface area contributed by atoms with Gasteiger partial charge in [-0.05, 0) is 31.7 Å². The molecule has 2 aliphatic carbocycles. The zero-order valence-corrected chi connectivity index (χ0v) is 23.3. The van der Waals surface area contributed by atoms with Crippen LogP contribution in [0.4, 0.5) is 0 Å². The molecular weight excluding hydrogens is 492 g/mol. The van der Waals surface area contributed by atoms with E-state index in [2.05, 4.69) is 26.8 Å². The van der Waals surface area contributed by atoms with Crippen LogP contribution in [0.25, 0.3) is 0 Å². The molecule has 0 spiro atoms. The number of aliphatic imine (C=N–C) groups is 1. The van der Waals surface area contributed by atoms with Crippen LogP contribution in [0.1, 0.15) is 75.7 Å². The number of ether oxygens (including phenoxy) is 1. The smallest absolute Gasteiger partial charge is 0.136 e. The molecule has 0 amide bonds. The molecule has 6 rings (SSSR count). The molecule has 0 unspecified atom stereocenters. The molecule has 0 N–H and O–H groups in total. The van der Waals surface area contributed by atoms with Gasteiger partial charge < -0.3 is 9.64 Å². The highest BCUT2D eigenvalue weighted by atomic mass is 32.1. The molecule has 7 nitrogen and oxygen atoms in total. The molecule has 0 radical (unpaired) electrons. The van der Waals surface area contributed by atoms with Crippen LogP contribution in [0.2, 0.25) is 0 Å². The normalized spacial score (nSPS) is 33.1. The van der Waals surface area contributed by atoms with Gasteiger partial charge >= 0.3 is 0 Å². The highest BCUT2D eigenvalue weighted by Crippen LogP contribution is 2.60. The number of amidine groups is 1. The summed E-state index contributed by atoms with van der Waals surface area (Å²) in [6, 6.07) is 14.3. The molecule has 5 aliphatic rings. The summed E-state index contributed by atoms with van der Waals surface area (Å²) in [5.41, 5.74) is -1.12. The molecule has 38 heavy (non-hydrogen) atoms. The van der Waals surface area contributed by atoms with Gasteiger partial charge in [-0.25, -0.2) is 0 Å². The molecule has 1 aromatic carbocycles. The lowest BCUT2D eigenvalue weighted by Crippen LogP contribution is -2.74. The lowest BCUT2D eigenvalue weighted by molar-refractivity contribution is 0.0152. The van der Waals surface area contributed by atoms with Crippen molar-refractivity contribution in [3.05, 3.63) is 29.8 Å². The van der Waals surface area contributed by atoms with Crippen LogP contribution < -0.4 is 4.74 Å². The Balaban J connectivity index is 1.50. The summed E-state index contributed by atoms with van der Waals surface area (Å²) >= 11 is 6.30. The molecule has 3 aliphatic heterocycles. The number of piperidine rings is 2. The van der Waals surface area contributed by atoms with Crippen molar-refractivity contribution < 1.29 is 4.74 Å². The second-order valence-corrected chi connectivity index (χ2v) is 12.3. The third kappa shape index (κ3) is 3.87. The monoisotopic (exact) mass is 530 g/mol. The highest BCUT2D eigenvalue weighted by Gasteiger charge is 2.69. The third-order valence-electron chi connectivity index (χ3n) is 9.93. The first-order chi connectivity index (χ1) is 18.6.